The molecule has 150 valence electrons. The predicted octanol–water partition coefficient (Wildman–Crippen LogP) is 3.51. The second-order valence-electron chi connectivity index (χ2n) is 7.13. The first-order chi connectivity index (χ1) is 12.7. The first kappa shape index (κ1) is 22.1. The SMILES string of the molecule is Cl.Cl.O=C(Nc1cccc(NC(=O)C2CC23CCNCC3)c1)c1ccncc1. The van der Waals surface area contributed by atoms with Crippen molar-refractivity contribution >= 4 is 48.0 Å². The number of hydrogen-bond acceptors (Lipinski definition) is 4. The van der Waals surface area contributed by atoms with Crippen molar-refractivity contribution < 1.29 is 9.59 Å². The highest BCUT2D eigenvalue weighted by molar-refractivity contribution is 6.04. The van der Waals surface area contributed by atoms with Gasteiger partial charge >= 0.3 is 0 Å². The predicted molar refractivity (Wildman–Crippen MR) is 114 cm³/mol. The number of carbonyl (C=O) groups excluding carboxylic acids is 2. The minimum Gasteiger partial charge on any atom is -0.326 e. The van der Waals surface area contributed by atoms with Gasteiger partial charge in [-0.3, -0.25) is 14.6 Å². The van der Waals surface area contributed by atoms with E-state index in [0.29, 0.717) is 16.9 Å². The molecule has 1 spiro atoms. The zero-order valence-electron chi connectivity index (χ0n) is 15.3. The van der Waals surface area contributed by atoms with Gasteiger partial charge in [-0.25, -0.2) is 0 Å². The van der Waals surface area contributed by atoms with Crippen molar-refractivity contribution in [2.24, 2.45) is 11.3 Å². The summed E-state index contributed by atoms with van der Waals surface area (Å²) < 4.78 is 0. The lowest BCUT2D eigenvalue weighted by molar-refractivity contribution is -0.118. The van der Waals surface area contributed by atoms with Gasteiger partial charge in [0.2, 0.25) is 5.91 Å². The van der Waals surface area contributed by atoms with Crippen molar-refractivity contribution in [1.82, 2.24) is 10.3 Å². The molecule has 1 aliphatic carbocycles. The van der Waals surface area contributed by atoms with Crippen LogP contribution in [0.2, 0.25) is 0 Å². The van der Waals surface area contributed by atoms with Crippen molar-refractivity contribution in [3.05, 3.63) is 54.4 Å². The Morgan fingerprint density at radius 2 is 1.64 bits per heavy atom. The summed E-state index contributed by atoms with van der Waals surface area (Å²) >= 11 is 0. The number of nitrogens with one attached hydrogen (secondary N) is 3. The molecule has 2 heterocycles. The van der Waals surface area contributed by atoms with Crippen LogP contribution in [-0.2, 0) is 4.79 Å². The Balaban J connectivity index is 0.00000140. The molecule has 1 unspecified atom stereocenters. The molecule has 6 nitrogen and oxygen atoms in total. The van der Waals surface area contributed by atoms with Crippen LogP contribution in [0.4, 0.5) is 11.4 Å². The summed E-state index contributed by atoms with van der Waals surface area (Å²) in [4.78, 5) is 28.7. The third-order valence-electron chi connectivity index (χ3n) is 5.44. The number of carbonyl (C=O) groups is 2. The Kier molecular flexibility index (Phi) is 7.41. The second kappa shape index (κ2) is 9.37. The lowest BCUT2D eigenvalue weighted by Crippen LogP contribution is -2.31. The highest BCUT2D eigenvalue weighted by atomic mass is 35.5. The van der Waals surface area contributed by atoms with Crippen LogP contribution in [0.25, 0.3) is 0 Å². The van der Waals surface area contributed by atoms with Gasteiger partial charge in [0.25, 0.3) is 5.91 Å². The maximum atomic E-state index is 12.6. The topological polar surface area (TPSA) is 83.1 Å². The average Bonchev–Trinajstić information content (AvgIpc) is 3.36. The molecule has 1 aromatic heterocycles. The van der Waals surface area contributed by atoms with Crippen molar-refractivity contribution in [2.75, 3.05) is 23.7 Å². The lowest BCUT2D eigenvalue weighted by atomic mass is 9.92. The number of aromatic nitrogens is 1. The molecule has 1 aliphatic heterocycles. The summed E-state index contributed by atoms with van der Waals surface area (Å²) in [6, 6.07) is 10.6. The summed E-state index contributed by atoms with van der Waals surface area (Å²) in [5, 5.41) is 9.21. The van der Waals surface area contributed by atoms with Crippen LogP contribution in [-0.4, -0.2) is 29.9 Å². The van der Waals surface area contributed by atoms with Gasteiger partial charge in [-0.2, -0.15) is 0 Å². The van der Waals surface area contributed by atoms with E-state index >= 15 is 0 Å². The monoisotopic (exact) mass is 422 g/mol. The minimum atomic E-state index is -0.202. The number of anilines is 2. The Bertz CT molecular complexity index is 826. The van der Waals surface area contributed by atoms with Gasteiger partial charge in [0.1, 0.15) is 0 Å². The number of rotatable bonds is 4. The molecule has 2 fully saturated rings. The van der Waals surface area contributed by atoms with Crippen molar-refractivity contribution in [2.45, 2.75) is 19.3 Å². The molecule has 0 bridgehead atoms. The van der Waals surface area contributed by atoms with Gasteiger partial charge in [0, 0.05) is 35.2 Å². The minimum absolute atomic E-state index is 0. The number of piperidine rings is 1. The summed E-state index contributed by atoms with van der Waals surface area (Å²) in [7, 11) is 0. The smallest absolute Gasteiger partial charge is 0.255 e. The van der Waals surface area contributed by atoms with Crippen molar-refractivity contribution in [1.29, 1.82) is 0 Å². The highest BCUT2D eigenvalue weighted by Crippen LogP contribution is 2.58. The zero-order chi connectivity index (χ0) is 18.0. The number of amides is 2. The van der Waals surface area contributed by atoms with E-state index in [9.17, 15) is 9.59 Å². The standard InChI is InChI=1S/C20H22N4O2.2ClH/c25-18(14-4-8-21-9-5-14)23-15-2-1-3-16(12-15)24-19(26)17-13-20(17)6-10-22-11-7-20;;/h1-5,8-9,12,17,22H,6-7,10-11,13H2,(H,23,25)(H,24,26);2*1H. The van der Waals surface area contributed by atoms with Crippen LogP contribution >= 0.6 is 24.8 Å². The highest BCUT2D eigenvalue weighted by Gasteiger charge is 2.57. The Labute approximate surface area is 176 Å². The van der Waals surface area contributed by atoms with Crippen molar-refractivity contribution in [3.63, 3.8) is 0 Å². The largest absolute Gasteiger partial charge is 0.326 e. The van der Waals surface area contributed by atoms with E-state index in [2.05, 4.69) is 20.9 Å². The summed E-state index contributed by atoms with van der Waals surface area (Å²) in [5.41, 5.74) is 2.11. The molecule has 2 aromatic rings. The average molecular weight is 423 g/mol. The van der Waals surface area contributed by atoms with Crippen LogP contribution in [0.5, 0.6) is 0 Å². The fourth-order valence-electron chi connectivity index (χ4n) is 3.81. The number of hydrogen-bond donors (Lipinski definition) is 3. The van der Waals surface area contributed by atoms with Crippen LogP contribution < -0.4 is 16.0 Å². The van der Waals surface area contributed by atoms with E-state index in [-0.39, 0.29) is 48.0 Å². The molecular weight excluding hydrogens is 399 g/mol. The van der Waals surface area contributed by atoms with E-state index in [1.54, 1.807) is 36.7 Å². The molecule has 1 aromatic carbocycles. The normalized spacial score (nSPS) is 18.9. The van der Waals surface area contributed by atoms with Gasteiger partial charge in [-0.05, 0) is 68.1 Å². The summed E-state index contributed by atoms with van der Waals surface area (Å²) in [5.74, 6) is -0.00379. The first-order valence-corrected chi connectivity index (χ1v) is 8.99. The Morgan fingerprint density at radius 3 is 2.32 bits per heavy atom. The number of nitrogens with zero attached hydrogens (tertiary/aromatic N) is 1. The van der Waals surface area contributed by atoms with Crippen LogP contribution in [0.15, 0.2) is 48.8 Å². The second-order valence-corrected chi connectivity index (χ2v) is 7.13. The van der Waals surface area contributed by atoms with Gasteiger partial charge in [0.05, 0.1) is 0 Å². The summed E-state index contributed by atoms with van der Waals surface area (Å²) in [6.07, 6.45) is 6.30. The van der Waals surface area contributed by atoms with E-state index < -0.39 is 0 Å². The Morgan fingerprint density at radius 1 is 1.00 bits per heavy atom. The summed E-state index contributed by atoms with van der Waals surface area (Å²) in [6.45, 7) is 2.00. The van der Waals surface area contributed by atoms with Gasteiger partial charge in [-0.15, -0.1) is 24.8 Å². The first-order valence-electron chi connectivity index (χ1n) is 8.99. The number of benzene rings is 1. The van der Waals surface area contributed by atoms with Crippen LogP contribution in [0.1, 0.15) is 29.6 Å². The van der Waals surface area contributed by atoms with Crippen LogP contribution in [0.3, 0.4) is 0 Å². The molecule has 1 atom stereocenters. The maximum Gasteiger partial charge on any atom is 0.255 e. The molecule has 1 saturated heterocycles. The molecule has 2 aliphatic rings. The maximum absolute atomic E-state index is 12.6. The lowest BCUT2D eigenvalue weighted by Gasteiger charge is -2.23. The molecule has 2 amide bonds. The molecule has 1 saturated carbocycles. The van der Waals surface area contributed by atoms with E-state index in [4.69, 9.17) is 0 Å². The van der Waals surface area contributed by atoms with Crippen molar-refractivity contribution in [3.8, 4) is 0 Å². The fourth-order valence-corrected chi connectivity index (χ4v) is 3.81. The fraction of sp³-hybridized carbons (Fsp3) is 0.350. The number of halogens is 2. The van der Waals surface area contributed by atoms with E-state index in [1.807, 2.05) is 12.1 Å². The molecule has 3 N–H and O–H groups in total. The van der Waals surface area contributed by atoms with E-state index in [1.165, 1.54) is 0 Å². The Hall–Kier alpha value is -2.15. The molecule has 28 heavy (non-hydrogen) atoms. The van der Waals surface area contributed by atoms with E-state index in [0.717, 1.165) is 32.4 Å². The quantitative estimate of drug-likeness (QED) is 0.703. The zero-order valence-corrected chi connectivity index (χ0v) is 16.9. The third-order valence-corrected chi connectivity index (χ3v) is 5.44. The van der Waals surface area contributed by atoms with Gasteiger partial charge in [0.15, 0.2) is 0 Å². The van der Waals surface area contributed by atoms with Crippen LogP contribution in [0, 0.1) is 11.3 Å². The third kappa shape index (κ3) is 4.82. The molecule has 4 rings (SSSR count). The number of pyridine rings is 1. The van der Waals surface area contributed by atoms with Gasteiger partial charge < -0.3 is 16.0 Å². The molecular formula is C20H24Cl2N4O2. The van der Waals surface area contributed by atoms with Gasteiger partial charge in [-0.1, -0.05) is 6.07 Å². The molecule has 0 radical (unpaired) electrons. The molecule has 8 heteroatoms.